The van der Waals surface area contributed by atoms with Crippen LogP contribution in [0.2, 0.25) is 5.02 Å². The van der Waals surface area contributed by atoms with Gasteiger partial charge < -0.3 is 5.11 Å². The van der Waals surface area contributed by atoms with Crippen LogP contribution in [0.3, 0.4) is 0 Å². The highest BCUT2D eigenvalue weighted by atomic mass is 35.5. The smallest absolute Gasteiger partial charge is 0.0522 e. The van der Waals surface area contributed by atoms with Crippen molar-refractivity contribution in [3.8, 4) is 0 Å². The SMILES string of the molecule is CC(C)(CO)c1ccc(C2CCSC2)c(Cl)c1. The van der Waals surface area contributed by atoms with E-state index < -0.39 is 0 Å². The Bertz CT molecular complexity index is 397. The fourth-order valence-electron chi connectivity index (χ4n) is 2.15. The zero-order valence-electron chi connectivity index (χ0n) is 10.4. The van der Waals surface area contributed by atoms with Gasteiger partial charge in [-0.05, 0) is 35.3 Å². The van der Waals surface area contributed by atoms with Gasteiger partial charge in [0.25, 0.3) is 0 Å². The summed E-state index contributed by atoms with van der Waals surface area (Å²) >= 11 is 8.38. The average Bonchev–Trinajstić information content (AvgIpc) is 2.82. The number of hydrogen-bond donors (Lipinski definition) is 1. The van der Waals surface area contributed by atoms with Gasteiger partial charge in [0.15, 0.2) is 0 Å². The van der Waals surface area contributed by atoms with Crippen molar-refractivity contribution in [2.45, 2.75) is 31.6 Å². The van der Waals surface area contributed by atoms with Crippen LogP contribution in [0.25, 0.3) is 0 Å². The summed E-state index contributed by atoms with van der Waals surface area (Å²) in [6.07, 6.45) is 1.23. The van der Waals surface area contributed by atoms with Crippen molar-refractivity contribution in [2.75, 3.05) is 18.1 Å². The summed E-state index contributed by atoms with van der Waals surface area (Å²) < 4.78 is 0. The highest BCUT2D eigenvalue weighted by molar-refractivity contribution is 7.99. The Labute approximate surface area is 113 Å². The van der Waals surface area contributed by atoms with E-state index in [0.717, 1.165) is 10.6 Å². The molecule has 1 aromatic carbocycles. The number of aliphatic hydroxyl groups is 1. The minimum Gasteiger partial charge on any atom is -0.395 e. The monoisotopic (exact) mass is 270 g/mol. The Balaban J connectivity index is 2.28. The van der Waals surface area contributed by atoms with Crippen molar-refractivity contribution in [1.29, 1.82) is 0 Å². The molecule has 1 aromatic rings. The van der Waals surface area contributed by atoms with Crippen LogP contribution in [-0.2, 0) is 5.41 Å². The van der Waals surface area contributed by atoms with Gasteiger partial charge in [-0.15, -0.1) is 0 Å². The first-order chi connectivity index (χ1) is 8.04. The van der Waals surface area contributed by atoms with Crippen molar-refractivity contribution < 1.29 is 5.11 Å². The molecule has 1 nitrogen and oxygen atoms in total. The Hall–Kier alpha value is -0.180. The molecule has 1 atom stereocenters. The van der Waals surface area contributed by atoms with E-state index in [2.05, 4.69) is 12.1 Å². The standard InChI is InChI=1S/C14H19ClOS/c1-14(2,9-16)11-3-4-12(13(15)7-11)10-5-6-17-8-10/h3-4,7,10,16H,5-6,8-9H2,1-2H3. The van der Waals surface area contributed by atoms with Crippen LogP contribution in [0.1, 0.15) is 37.3 Å². The lowest BCUT2D eigenvalue weighted by Gasteiger charge is -2.23. The van der Waals surface area contributed by atoms with Crippen molar-refractivity contribution in [2.24, 2.45) is 0 Å². The molecule has 94 valence electrons. The normalized spacial score (nSPS) is 20.8. The molecule has 1 heterocycles. The van der Waals surface area contributed by atoms with E-state index in [4.69, 9.17) is 11.6 Å². The molecular formula is C14H19ClOS. The first-order valence-corrected chi connectivity index (χ1v) is 7.56. The van der Waals surface area contributed by atoms with Crippen LogP contribution in [0.4, 0.5) is 0 Å². The number of hydrogen-bond acceptors (Lipinski definition) is 2. The van der Waals surface area contributed by atoms with Gasteiger partial charge in [0.05, 0.1) is 6.61 Å². The molecule has 1 aliphatic rings. The minimum absolute atomic E-state index is 0.141. The summed E-state index contributed by atoms with van der Waals surface area (Å²) in [6, 6.07) is 6.28. The highest BCUT2D eigenvalue weighted by Crippen LogP contribution is 2.37. The summed E-state index contributed by atoms with van der Waals surface area (Å²) in [4.78, 5) is 0. The number of aliphatic hydroxyl groups excluding tert-OH is 1. The second-order valence-electron chi connectivity index (χ2n) is 5.34. The lowest BCUT2D eigenvalue weighted by Crippen LogP contribution is -2.22. The fraction of sp³-hybridized carbons (Fsp3) is 0.571. The molecule has 0 saturated carbocycles. The van der Waals surface area contributed by atoms with Gasteiger partial charge in [-0.1, -0.05) is 37.6 Å². The Morgan fingerprint density at radius 3 is 2.76 bits per heavy atom. The predicted molar refractivity (Wildman–Crippen MR) is 76.2 cm³/mol. The zero-order chi connectivity index (χ0) is 12.5. The molecule has 1 N–H and O–H groups in total. The van der Waals surface area contributed by atoms with Crippen molar-refractivity contribution >= 4 is 23.4 Å². The van der Waals surface area contributed by atoms with E-state index in [1.54, 1.807) is 0 Å². The van der Waals surface area contributed by atoms with Crippen LogP contribution in [-0.4, -0.2) is 23.2 Å². The maximum atomic E-state index is 9.37. The number of thioether (sulfide) groups is 1. The van der Waals surface area contributed by atoms with Crippen molar-refractivity contribution in [1.82, 2.24) is 0 Å². The van der Waals surface area contributed by atoms with Crippen LogP contribution < -0.4 is 0 Å². The first kappa shape index (κ1) is 13.3. The summed E-state index contributed by atoms with van der Waals surface area (Å²) in [6.45, 7) is 4.20. The zero-order valence-corrected chi connectivity index (χ0v) is 11.9. The van der Waals surface area contributed by atoms with Gasteiger partial charge in [-0.2, -0.15) is 11.8 Å². The summed E-state index contributed by atoms with van der Waals surface area (Å²) in [5, 5.41) is 10.2. The molecule has 0 radical (unpaired) electrons. The Morgan fingerprint density at radius 2 is 2.24 bits per heavy atom. The molecule has 0 aliphatic carbocycles. The molecule has 1 saturated heterocycles. The largest absolute Gasteiger partial charge is 0.395 e. The van der Waals surface area contributed by atoms with E-state index in [1.165, 1.54) is 23.5 Å². The maximum absolute atomic E-state index is 9.37. The first-order valence-electron chi connectivity index (χ1n) is 6.03. The van der Waals surface area contributed by atoms with Crippen molar-refractivity contribution in [3.05, 3.63) is 34.3 Å². The van der Waals surface area contributed by atoms with E-state index in [-0.39, 0.29) is 12.0 Å². The molecule has 0 bridgehead atoms. The van der Waals surface area contributed by atoms with Gasteiger partial charge in [0.2, 0.25) is 0 Å². The number of halogens is 1. The molecule has 0 amide bonds. The second-order valence-corrected chi connectivity index (χ2v) is 6.90. The molecule has 1 unspecified atom stereocenters. The topological polar surface area (TPSA) is 20.2 Å². The number of rotatable bonds is 3. The van der Waals surface area contributed by atoms with Crippen LogP contribution in [0.15, 0.2) is 18.2 Å². The van der Waals surface area contributed by atoms with Crippen LogP contribution >= 0.6 is 23.4 Å². The minimum atomic E-state index is -0.216. The molecule has 3 heteroatoms. The molecule has 1 fully saturated rings. The molecule has 17 heavy (non-hydrogen) atoms. The molecular weight excluding hydrogens is 252 g/mol. The Kier molecular flexibility index (Phi) is 4.06. The predicted octanol–water partition coefficient (Wildman–Crippen LogP) is 3.83. The van der Waals surface area contributed by atoms with Gasteiger partial charge in [0, 0.05) is 16.2 Å². The summed E-state index contributed by atoms with van der Waals surface area (Å²) in [5.74, 6) is 3.03. The van der Waals surface area contributed by atoms with E-state index in [1.807, 2.05) is 31.7 Å². The lowest BCUT2D eigenvalue weighted by molar-refractivity contribution is 0.218. The van der Waals surface area contributed by atoms with Gasteiger partial charge >= 0.3 is 0 Å². The fourth-order valence-corrected chi connectivity index (χ4v) is 3.73. The molecule has 0 spiro atoms. The van der Waals surface area contributed by atoms with E-state index in [0.29, 0.717) is 5.92 Å². The third-order valence-electron chi connectivity index (χ3n) is 3.55. The van der Waals surface area contributed by atoms with Gasteiger partial charge in [-0.25, -0.2) is 0 Å². The molecule has 1 aliphatic heterocycles. The highest BCUT2D eigenvalue weighted by Gasteiger charge is 2.23. The maximum Gasteiger partial charge on any atom is 0.0522 e. The Morgan fingerprint density at radius 1 is 1.47 bits per heavy atom. The number of benzene rings is 1. The third-order valence-corrected chi connectivity index (χ3v) is 5.04. The van der Waals surface area contributed by atoms with Crippen LogP contribution in [0, 0.1) is 0 Å². The average molecular weight is 271 g/mol. The molecule has 2 rings (SSSR count). The quantitative estimate of drug-likeness (QED) is 0.901. The molecule has 0 aromatic heterocycles. The van der Waals surface area contributed by atoms with E-state index in [9.17, 15) is 5.11 Å². The van der Waals surface area contributed by atoms with Gasteiger partial charge in [-0.3, -0.25) is 0 Å². The van der Waals surface area contributed by atoms with Crippen LogP contribution in [0.5, 0.6) is 0 Å². The lowest BCUT2D eigenvalue weighted by atomic mass is 9.84. The van der Waals surface area contributed by atoms with Crippen molar-refractivity contribution in [3.63, 3.8) is 0 Å². The summed E-state index contributed by atoms with van der Waals surface area (Å²) in [5.41, 5.74) is 2.17. The third kappa shape index (κ3) is 2.81. The summed E-state index contributed by atoms with van der Waals surface area (Å²) in [7, 11) is 0. The second kappa shape index (κ2) is 5.21. The van der Waals surface area contributed by atoms with Gasteiger partial charge in [0.1, 0.15) is 0 Å². The van der Waals surface area contributed by atoms with E-state index >= 15 is 0 Å².